The monoisotopic (exact) mass is 285 g/mol. The average Bonchev–Trinajstić information content (AvgIpc) is 2.84. The fourth-order valence-corrected chi connectivity index (χ4v) is 1.72. The van der Waals surface area contributed by atoms with E-state index in [1.54, 1.807) is 0 Å². The van der Waals surface area contributed by atoms with E-state index in [2.05, 4.69) is 15.0 Å². The van der Waals surface area contributed by atoms with Crippen molar-refractivity contribution < 1.29 is 20.1 Å². The Labute approximate surface area is 112 Å². The first-order chi connectivity index (χ1) is 9.60. The second-order valence-corrected chi connectivity index (χ2v) is 4.04. The number of rotatable bonds is 6. The number of hydrogen-bond donors (Lipinski definition) is 5. The molecular formula is C10H15N5O5. The highest BCUT2D eigenvalue weighted by atomic mass is 16.5. The Kier molecular flexibility index (Phi) is 4.29. The molecule has 0 aliphatic heterocycles. The molecule has 0 spiro atoms. The molecule has 0 aliphatic carbocycles. The molecule has 110 valence electrons. The van der Waals surface area contributed by atoms with Gasteiger partial charge in [0.25, 0.3) is 5.56 Å². The Morgan fingerprint density at radius 3 is 2.65 bits per heavy atom. The van der Waals surface area contributed by atoms with E-state index in [1.807, 2.05) is 0 Å². The lowest BCUT2D eigenvalue weighted by Crippen LogP contribution is -2.29. The molecule has 2 aromatic heterocycles. The van der Waals surface area contributed by atoms with Gasteiger partial charge in [0.2, 0.25) is 5.95 Å². The minimum Gasteiger partial charge on any atom is -0.394 e. The lowest BCUT2D eigenvalue weighted by atomic mass is 10.4. The van der Waals surface area contributed by atoms with Crippen LogP contribution in [-0.2, 0) is 4.74 Å². The lowest BCUT2D eigenvalue weighted by Gasteiger charge is -2.21. The minimum absolute atomic E-state index is 0.0470. The molecule has 0 aromatic carbocycles. The predicted molar refractivity (Wildman–Crippen MR) is 67.7 cm³/mol. The van der Waals surface area contributed by atoms with Crippen LogP contribution in [-0.4, -0.2) is 60.8 Å². The van der Waals surface area contributed by atoms with Crippen molar-refractivity contribution in [2.75, 3.05) is 25.6 Å². The van der Waals surface area contributed by atoms with Crippen LogP contribution in [0.5, 0.6) is 0 Å². The molecule has 0 unspecified atom stereocenters. The Balaban J connectivity index is 2.42. The third kappa shape index (κ3) is 2.63. The summed E-state index contributed by atoms with van der Waals surface area (Å²) in [6.45, 7) is -1.30. The molecule has 0 saturated heterocycles. The molecule has 10 nitrogen and oxygen atoms in total. The standard InChI is InChI=1S/C10H15N5O5/c11-10-13-8-7(9(19)14-10)12-4-15(8)6(3-18)20-5(1-16)2-17/h4-6,16-18H,1-3H2,(H3,11,13,14,19)/t6-/m0/s1. The lowest BCUT2D eigenvalue weighted by molar-refractivity contribution is -0.110. The highest BCUT2D eigenvalue weighted by molar-refractivity contribution is 5.70. The number of fused-ring (bicyclic) bond motifs is 1. The first kappa shape index (κ1) is 14.4. The van der Waals surface area contributed by atoms with Gasteiger partial charge in [-0.1, -0.05) is 0 Å². The summed E-state index contributed by atoms with van der Waals surface area (Å²) in [6, 6.07) is 0. The zero-order valence-electron chi connectivity index (χ0n) is 10.4. The van der Waals surface area contributed by atoms with Crippen molar-refractivity contribution in [3.63, 3.8) is 0 Å². The molecule has 0 fully saturated rings. The summed E-state index contributed by atoms with van der Waals surface area (Å²) in [7, 11) is 0. The number of anilines is 1. The number of nitrogen functional groups attached to an aromatic ring is 1. The molecule has 0 amide bonds. The van der Waals surface area contributed by atoms with Gasteiger partial charge in [0.15, 0.2) is 17.4 Å². The molecule has 1 atom stereocenters. The molecule has 2 heterocycles. The summed E-state index contributed by atoms with van der Waals surface area (Å²) >= 11 is 0. The normalized spacial score (nSPS) is 13.2. The highest BCUT2D eigenvalue weighted by Crippen LogP contribution is 2.16. The van der Waals surface area contributed by atoms with E-state index < -0.39 is 37.7 Å². The van der Waals surface area contributed by atoms with Crippen LogP contribution < -0.4 is 11.3 Å². The van der Waals surface area contributed by atoms with Crippen molar-refractivity contribution in [2.45, 2.75) is 12.3 Å². The Morgan fingerprint density at radius 1 is 1.35 bits per heavy atom. The fourth-order valence-electron chi connectivity index (χ4n) is 1.72. The number of hydrogen-bond acceptors (Lipinski definition) is 8. The van der Waals surface area contributed by atoms with Crippen LogP contribution in [0.1, 0.15) is 6.23 Å². The van der Waals surface area contributed by atoms with E-state index >= 15 is 0 Å². The van der Waals surface area contributed by atoms with Crippen LogP contribution in [0.2, 0.25) is 0 Å². The van der Waals surface area contributed by atoms with Crippen LogP contribution >= 0.6 is 0 Å². The highest BCUT2D eigenvalue weighted by Gasteiger charge is 2.20. The van der Waals surface area contributed by atoms with E-state index in [1.165, 1.54) is 10.9 Å². The third-order valence-corrected chi connectivity index (χ3v) is 2.67. The quantitative estimate of drug-likeness (QED) is 0.391. The van der Waals surface area contributed by atoms with Crippen molar-refractivity contribution in [1.82, 2.24) is 19.5 Å². The zero-order valence-corrected chi connectivity index (χ0v) is 10.4. The van der Waals surface area contributed by atoms with Crippen molar-refractivity contribution in [1.29, 1.82) is 0 Å². The molecule has 2 aromatic rings. The van der Waals surface area contributed by atoms with Crippen molar-refractivity contribution in [2.24, 2.45) is 0 Å². The van der Waals surface area contributed by atoms with Gasteiger partial charge < -0.3 is 25.8 Å². The van der Waals surface area contributed by atoms with Gasteiger partial charge >= 0.3 is 0 Å². The van der Waals surface area contributed by atoms with Gasteiger partial charge in [0.05, 0.1) is 26.1 Å². The van der Waals surface area contributed by atoms with Crippen LogP contribution in [0.4, 0.5) is 5.95 Å². The van der Waals surface area contributed by atoms with E-state index in [-0.39, 0.29) is 17.1 Å². The summed E-state index contributed by atoms with van der Waals surface area (Å²) in [5.74, 6) is -0.0955. The maximum Gasteiger partial charge on any atom is 0.280 e. The van der Waals surface area contributed by atoms with Gasteiger partial charge in [0, 0.05) is 0 Å². The minimum atomic E-state index is -0.960. The first-order valence-electron chi connectivity index (χ1n) is 5.81. The Bertz CT molecular complexity index is 634. The number of H-pyrrole nitrogens is 1. The van der Waals surface area contributed by atoms with Gasteiger partial charge in [-0.25, -0.2) is 4.98 Å². The van der Waals surface area contributed by atoms with Crippen LogP contribution in [0, 0.1) is 0 Å². The molecule has 0 radical (unpaired) electrons. The van der Waals surface area contributed by atoms with E-state index in [0.717, 1.165) is 0 Å². The number of nitrogens with zero attached hydrogens (tertiary/aromatic N) is 3. The van der Waals surface area contributed by atoms with E-state index in [0.29, 0.717) is 0 Å². The summed E-state index contributed by atoms with van der Waals surface area (Å²) in [5, 5.41) is 27.3. The maximum atomic E-state index is 11.6. The molecule has 2 rings (SSSR count). The van der Waals surface area contributed by atoms with Crippen molar-refractivity contribution >= 4 is 17.1 Å². The molecule has 10 heteroatoms. The summed E-state index contributed by atoms with van der Waals surface area (Å²) in [4.78, 5) is 21.7. The number of ether oxygens (including phenoxy) is 1. The molecule has 6 N–H and O–H groups in total. The van der Waals surface area contributed by atoms with Crippen molar-refractivity contribution in [3.05, 3.63) is 16.7 Å². The number of aliphatic hydroxyl groups excluding tert-OH is 3. The average molecular weight is 285 g/mol. The Morgan fingerprint density at radius 2 is 2.05 bits per heavy atom. The van der Waals surface area contributed by atoms with Gasteiger partial charge in [0.1, 0.15) is 6.10 Å². The molecule has 0 aliphatic rings. The van der Waals surface area contributed by atoms with Crippen LogP contribution in [0.3, 0.4) is 0 Å². The number of aromatic amines is 1. The number of nitrogens with two attached hydrogens (primary N) is 1. The van der Waals surface area contributed by atoms with Crippen LogP contribution in [0.15, 0.2) is 11.1 Å². The molecule has 0 bridgehead atoms. The van der Waals surface area contributed by atoms with E-state index in [9.17, 15) is 9.90 Å². The second kappa shape index (κ2) is 5.96. The van der Waals surface area contributed by atoms with Gasteiger partial charge in [-0.2, -0.15) is 4.98 Å². The smallest absolute Gasteiger partial charge is 0.280 e. The Hall–Kier alpha value is -2.01. The van der Waals surface area contributed by atoms with Gasteiger partial charge in [-0.05, 0) is 0 Å². The maximum absolute atomic E-state index is 11.6. The summed E-state index contributed by atoms with van der Waals surface area (Å²) < 4.78 is 6.62. The summed E-state index contributed by atoms with van der Waals surface area (Å²) in [5.41, 5.74) is 5.13. The first-order valence-corrected chi connectivity index (χ1v) is 5.81. The van der Waals surface area contributed by atoms with Crippen molar-refractivity contribution in [3.8, 4) is 0 Å². The van der Waals surface area contributed by atoms with E-state index in [4.69, 9.17) is 20.7 Å². The topological polar surface area (TPSA) is 160 Å². The number of aliphatic hydroxyl groups is 3. The number of imidazole rings is 1. The SMILES string of the molecule is Nc1nc2c(ncn2[C@H](CO)OC(CO)CO)c(=O)[nH]1. The van der Waals surface area contributed by atoms with Gasteiger partial charge in [-0.15, -0.1) is 0 Å². The zero-order chi connectivity index (χ0) is 14.7. The molecular weight excluding hydrogens is 270 g/mol. The number of nitrogens with one attached hydrogen (secondary N) is 1. The summed E-state index contributed by atoms with van der Waals surface area (Å²) in [6.07, 6.45) is -0.569. The predicted octanol–water partition coefficient (Wildman–Crippen LogP) is -2.44. The van der Waals surface area contributed by atoms with Gasteiger partial charge in [-0.3, -0.25) is 14.3 Å². The van der Waals surface area contributed by atoms with Crippen LogP contribution in [0.25, 0.3) is 11.2 Å². The molecule has 0 saturated carbocycles. The third-order valence-electron chi connectivity index (χ3n) is 2.67. The fraction of sp³-hybridized carbons (Fsp3) is 0.500. The molecule has 20 heavy (non-hydrogen) atoms. The largest absolute Gasteiger partial charge is 0.394 e. The number of aromatic nitrogens is 4. The second-order valence-electron chi connectivity index (χ2n) is 4.04.